The quantitative estimate of drug-likeness (QED) is 0.142. The fraction of sp³-hybridized carbons (Fsp3) is 0.0976. The maximum atomic E-state index is 14.2. The Morgan fingerprint density at radius 3 is 1.38 bits per heavy atom. The number of ether oxygens (including phenoxy) is 1. The van der Waals surface area contributed by atoms with Crippen LogP contribution >= 0.6 is 7.26 Å². The number of hydrogen-bond donors (Lipinski definition) is 1. The van der Waals surface area contributed by atoms with Crippen LogP contribution in [0.1, 0.15) is 16.7 Å². The number of carbonyl (C=O) groups is 1. The molecule has 1 aliphatic carbocycles. The van der Waals surface area contributed by atoms with Gasteiger partial charge in [-0.2, -0.15) is 0 Å². The molecule has 4 heteroatoms. The van der Waals surface area contributed by atoms with E-state index in [0.29, 0.717) is 6.16 Å². The van der Waals surface area contributed by atoms with Crippen LogP contribution in [-0.4, -0.2) is 25.3 Å². The Hall–Kier alpha value is -4.82. The lowest BCUT2D eigenvalue weighted by atomic mass is 9.80. The van der Waals surface area contributed by atoms with Crippen LogP contribution in [0.25, 0.3) is 11.1 Å². The van der Waals surface area contributed by atoms with Gasteiger partial charge in [0.1, 0.15) is 29.2 Å². The number of esters is 1. The van der Waals surface area contributed by atoms with Crippen molar-refractivity contribution in [3.63, 3.8) is 0 Å². The Morgan fingerprint density at radius 1 is 0.578 bits per heavy atom. The SMILES string of the molecule is COC(=O)[C@H](C[P+](c1ccccc1)(c1ccccc1)c1ccccc1)NC1(c2ccccc2)c2ccccc2-c2ccccc21. The van der Waals surface area contributed by atoms with Gasteiger partial charge < -0.3 is 4.74 Å². The first kappa shape index (κ1) is 28.9. The molecule has 7 rings (SSSR count). The molecule has 3 nitrogen and oxygen atoms in total. The number of nitrogens with one attached hydrogen (secondary N) is 1. The first-order valence-electron chi connectivity index (χ1n) is 15.3. The molecule has 220 valence electrons. The molecule has 0 spiro atoms. The summed E-state index contributed by atoms with van der Waals surface area (Å²) >= 11 is 0. The summed E-state index contributed by atoms with van der Waals surface area (Å²) in [5, 5.41) is 7.69. The number of rotatable bonds is 9. The highest BCUT2D eigenvalue weighted by Crippen LogP contribution is 2.57. The van der Waals surface area contributed by atoms with Gasteiger partial charge in [-0.15, -0.1) is 0 Å². The van der Waals surface area contributed by atoms with E-state index in [4.69, 9.17) is 4.74 Å². The first-order chi connectivity index (χ1) is 22.2. The molecular formula is C41H35NO2P+. The Balaban J connectivity index is 1.48. The lowest BCUT2D eigenvalue weighted by molar-refractivity contribution is -0.142. The molecule has 6 aromatic carbocycles. The van der Waals surface area contributed by atoms with Crippen LogP contribution in [0, 0.1) is 0 Å². The summed E-state index contributed by atoms with van der Waals surface area (Å²) in [6.45, 7) is 0. The molecule has 0 saturated heterocycles. The van der Waals surface area contributed by atoms with Crippen molar-refractivity contribution in [1.82, 2.24) is 5.32 Å². The van der Waals surface area contributed by atoms with Crippen molar-refractivity contribution < 1.29 is 9.53 Å². The van der Waals surface area contributed by atoms with E-state index in [0.717, 1.165) is 16.7 Å². The number of carbonyl (C=O) groups excluding carboxylic acids is 1. The topological polar surface area (TPSA) is 38.3 Å². The summed E-state index contributed by atoms with van der Waals surface area (Å²) in [4.78, 5) is 14.2. The van der Waals surface area contributed by atoms with Crippen LogP contribution in [0.2, 0.25) is 0 Å². The molecule has 0 radical (unpaired) electrons. The molecule has 1 atom stereocenters. The number of methoxy groups -OCH3 is 1. The van der Waals surface area contributed by atoms with Gasteiger partial charge in [-0.25, -0.2) is 0 Å². The predicted octanol–water partition coefficient (Wildman–Crippen LogP) is 7.08. The molecule has 1 aliphatic rings. The van der Waals surface area contributed by atoms with Gasteiger partial charge in [0.2, 0.25) is 0 Å². The van der Waals surface area contributed by atoms with Gasteiger partial charge in [-0.05, 0) is 64.2 Å². The molecule has 0 aliphatic heterocycles. The van der Waals surface area contributed by atoms with Crippen molar-refractivity contribution in [2.75, 3.05) is 13.3 Å². The normalized spacial score (nSPS) is 13.8. The average molecular weight is 605 g/mol. The Labute approximate surface area is 265 Å². The lowest BCUT2D eigenvalue weighted by Gasteiger charge is -2.38. The van der Waals surface area contributed by atoms with E-state index in [2.05, 4.69) is 169 Å². The average Bonchev–Trinajstić information content (AvgIpc) is 3.41. The molecule has 6 aromatic rings. The molecule has 1 N–H and O–H groups in total. The molecule has 0 unspecified atom stereocenters. The first-order valence-corrected chi connectivity index (χ1v) is 17.3. The maximum absolute atomic E-state index is 14.2. The third kappa shape index (κ3) is 4.90. The fourth-order valence-electron chi connectivity index (χ4n) is 7.14. The van der Waals surface area contributed by atoms with E-state index in [-0.39, 0.29) is 5.97 Å². The predicted molar refractivity (Wildman–Crippen MR) is 187 cm³/mol. The second kappa shape index (κ2) is 12.3. The van der Waals surface area contributed by atoms with Crippen LogP contribution in [0.4, 0.5) is 0 Å². The summed E-state index contributed by atoms with van der Waals surface area (Å²) in [5.41, 5.74) is 4.92. The zero-order chi connectivity index (χ0) is 30.7. The summed E-state index contributed by atoms with van der Waals surface area (Å²) in [7, 11) is -0.890. The smallest absolute Gasteiger partial charge is 0.326 e. The van der Waals surface area contributed by atoms with Crippen LogP contribution in [0.5, 0.6) is 0 Å². The summed E-state index contributed by atoms with van der Waals surface area (Å²) in [6.07, 6.45) is 0.538. The second-order valence-corrected chi connectivity index (χ2v) is 15.0. The minimum atomic E-state index is -2.39. The molecular weight excluding hydrogens is 569 g/mol. The van der Waals surface area contributed by atoms with Gasteiger partial charge in [-0.1, -0.05) is 133 Å². The van der Waals surface area contributed by atoms with E-state index in [1.807, 2.05) is 6.07 Å². The van der Waals surface area contributed by atoms with Gasteiger partial charge in [0.25, 0.3) is 0 Å². The van der Waals surface area contributed by atoms with Crippen molar-refractivity contribution in [2.45, 2.75) is 11.6 Å². The highest BCUT2D eigenvalue weighted by molar-refractivity contribution is 7.95. The van der Waals surface area contributed by atoms with E-state index >= 15 is 0 Å². The largest absolute Gasteiger partial charge is 0.468 e. The zero-order valence-corrected chi connectivity index (χ0v) is 26.1. The lowest BCUT2D eigenvalue weighted by Crippen LogP contribution is -2.55. The Kier molecular flexibility index (Phi) is 7.90. The molecule has 0 aromatic heterocycles. The van der Waals surface area contributed by atoms with Crippen molar-refractivity contribution in [3.05, 3.63) is 187 Å². The molecule has 0 saturated carbocycles. The van der Waals surface area contributed by atoms with Crippen molar-refractivity contribution >= 4 is 29.1 Å². The minimum absolute atomic E-state index is 0.278. The number of fused-ring (bicyclic) bond motifs is 3. The van der Waals surface area contributed by atoms with Crippen LogP contribution in [0.15, 0.2) is 170 Å². The third-order valence-electron chi connectivity index (χ3n) is 9.08. The zero-order valence-electron chi connectivity index (χ0n) is 25.2. The molecule has 0 amide bonds. The summed E-state index contributed by atoms with van der Waals surface area (Å²) < 4.78 is 5.65. The summed E-state index contributed by atoms with van der Waals surface area (Å²) in [5.74, 6) is -0.278. The molecule has 0 heterocycles. The van der Waals surface area contributed by atoms with Crippen molar-refractivity contribution in [1.29, 1.82) is 0 Å². The molecule has 0 fully saturated rings. The number of benzene rings is 6. The van der Waals surface area contributed by atoms with Crippen LogP contribution in [0.3, 0.4) is 0 Å². The maximum Gasteiger partial charge on any atom is 0.326 e. The van der Waals surface area contributed by atoms with Crippen molar-refractivity contribution in [2.24, 2.45) is 0 Å². The van der Waals surface area contributed by atoms with E-state index < -0.39 is 18.8 Å². The minimum Gasteiger partial charge on any atom is -0.468 e. The molecule has 45 heavy (non-hydrogen) atoms. The number of hydrogen-bond acceptors (Lipinski definition) is 3. The highest BCUT2D eigenvalue weighted by Gasteiger charge is 2.53. The van der Waals surface area contributed by atoms with Gasteiger partial charge in [0, 0.05) is 0 Å². The van der Waals surface area contributed by atoms with Gasteiger partial charge in [0.15, 0.2) is 0 Å². The second-order valence-electron chi connectivity index (χ2n) is 11.4. The monoisotopic (exact) mass is 604 g/mol. The van der Waals surface area contributed by atoms with E-state index in [9.17, 15) is 4.79 Å². The summed E-state index contributed by atoms with van der Waals surface area (Å²) in [6, 6.07) is 59.1. The van der Waals surface area contributed by atoms with Crippen LogP contribution in [-0.2, 0) is 15.1 Å². The van der Waals surface area contributed by atoms with Gasteiger partial charge >= 0.3 is 5.97 Å². The van der Waals surface area contributed by atoms with E-state index in [1.54, 1.807) is 0 Å². The third-order valence-corrected chi connectivity index (χ3v) is 13.5. The van der Waals surface area contributed by atoms with Crippen molar-refractivity contribution in [3.8, 4) is 11.1 Å². The van der Waals surface area contributed by atoms with Crippen LogP contribution < -0.4 is 21.2 Å². The van der Waals surface area contributed by atoms with Gasteiger partial charge in [0.05, 0.1) is 18.8 Å². The fourth-order valence-corrected chi connectivity index (χ4v) is 11.5. The molecule has 0 bridgehead atoms. The Morgan fingerprint density at radius 2 is 0.956 bits per heavy atom. The van der Waals surface area contributed by atoms with E-state index in [1.165, 1.54) is 34.2 Å². The van der Waals surface area contributed by atoms with Gasteiger partial charge in [-0.3, -0.25) is 10.1 Å². The highest BCUT2D eigenvalue weighted by atomic mass is 31.2. The Bertz CT molecular complexity index is 1700. The standard InChI is InChI=1S/C41H35NO2P/c1-44-40(43)39(30-45(32-20-8-3-9-21-32,33-22-10-4-11-23-33)34-24-12-5-13-25-34)42-41(31-18-6-2-7-19-31)37-28-16-14-26-35(37)36-27-15-17-29-38(36)41/h2-29,39,42H,30H2,1H3/q+1/t39-/m0/s1.